The number of carbonyl (C=O) groups is 1. The molecule has 1 aliphatic rings. The molecule has 2 heterocycles. The number of anilines is 2. The zero-order chi connectivity index (χ0) is 14.5. The van der Waals surface area contributed by atoms with Crippen molar-refractivity contribution in [2.45, 2.75) is 12.8 Å². The lowest BCUT2D eigenvalue weighted by molar-refractivity contribution is 0.0602. The van der Waals surface area contributed by atoms with E-state index < -0.39 is 5.97 Å². The summed E-state index contributed by atoms with van der Waals surface area (Å²) < 4.78 is 9.96. The summed E-state index contributed by atoms with van der Waals surface area (Å²) in [6.07, 6.45) is 3.80. The molecule has 2 N–H and O–H groups in total. The highest BCUT2D eigenvalue weighted by Gasteiger charge is 2.24. The standard InChI is InChI=1S/C14H21N3O3/c1-19-9-10-4-3-7-17(8-10)13-12(15)11(5-6-16-13)14(18)20-2/h5-6,10H,3-4,7-9,15H2,1-2H3. The molecule has 2 rings (SSSR count). The lowest BCUT2D eigenvalue weighted by atomic mass is 9.98. The molecule has 0 radical (unpaired) electrons. The van der Waals surface area contributed by atoms with Crippen LogP contribution in [0.25, 0.3) is 0 Å². The first-order valence-corrected chi connectivity index (χ1v) is 6.74. The van der Waals surface area contributed by atoms with E-state index in [1.165, 1.54) is 7.11 Å². The van der Waals surface area contributed by atoms with Crippen molar-refractivity contribution >= 4 is 17.5 Å². The van der Waals surface area contributed by atoms with E-state index in [0.29, 0.717) is 23.0 Å². The number of carbonyl (C=O) groups excluding carboxylic acids is 1. The molecular formula is C14H21N3O3. The van der Waals surface area contributed by atoms with Crippen LogP contribution in [0.15, 0.2) is 12.3 Å². The molecule has 1 fully saturated rings. The van der Waals surface area contributed by atoms with Crippen molar-refractivity contribution < 1.29 is 14.3 Å². The van der Waals surface area contributed by atoms with Gasteiger partial charge in [-0.1, -0.05) is 0 Å². The second-order valence-electron chi connectivity index (χ2n) is 5.00. The van der Waals surface area contributed by atoms with Crippen LogP contribution in [-0.2, 0) is 9.47 Å². The highest BCUT2D eigenvalue weighted by atomic mass is 16.5. The Labute approximate surface area is 118 Å². The monoisotopic (exact) mass is 279 g/mol. The van der Waals surface area contributed by atoms with Gasteiger partial charge in [0.05, 0.1) is 25.0 Å². The van der Waals surface area contributed by atoms with E-state index in [4.69, 9.17) is 15.2 Å². The van der Waals surface area contributed by atoms with Crippen molar-refractivity contribution in [2.24, 2.45) is 5.92 Å². The number of nitrogens with two attached hydrogens (primary N) is 1. The Morgan fingerprint density at radius 1 is 1.55 bits per heavy atom. The van der Waals surface area contributed by atoms with Gasteiger partial charge in [0.1, 0.15) is 0 Å². The van der Waals surface area contributed by atoms with Gasteiger partial charge in [-0.05, 0) is 24.8 Å². The molecule has 1 aromatic rings. The first-order chi connectivity index (χ1) is 9.67. The number of pyridine rings is 1. The fourth-order valence-electron chi connectivity index (χ4n) is 2.63. The summed E-state index contributed by atoms with van der Waals surface area (Å²) in [7, 11) is 3.06. The second kappa shape index (κ2) is 6.56. The molecule has 1 atom stereocenters. The predicted octanol–water partition coefficient (Wildman–Crippen LogP) is 1.31. The number of rotatable bonds is 4. The van der Waals surface area contributed by atoms with Crippen LogP contribution >= 0.6 is 0 Å². The van der Waals surface area contributed by atoms with E-state index in [-0.39, 0.29) is 0 Å². The Morgan fingerprint density at radius 3 is 3.05 bits per heavy atom. The van der Waals surface area contributed by atoms with Gasteiger partial charge in [-0.25, -0.2) is 9.78 Å². The molecule has 0 spiro atoms. The topological polar surface area (TPSA) is 77.7 Å². The number of ether oxygens (including phenoxy) is 2. The van der Waals surface area contributed by atoms with Gasteiger partial charge in [-0.15, -0.1) is 0 Å². The van der Waals surface area contributed by atoms with Gasteiger partial charge in [0.15, 0.2) is 5.82 Å². The van der Waals surface area contributed by atoms with Crippen molar-refractivity contribution in [1.82, 2.24) is 4.98 Å². The Morgan fingerprint density at radius 2 is 2.35 bits per heavy atom. The SMILES string of the molecule is COCC1CCCN(c2nccc(C(=O)OC)c2N)C1. The minimum atomic E-state index is -0.434. The molecule has 0 bridgehead atoms. The highest BCUT2D eigenvalue weighted by molar-refractivity contribution is 5.97. The normalized spacial score (nSPS) is 18.9. The van der Waals surface area contributed by atoms with E-state index in [1.54, 1.807) is 19.4 Å². The number of piperidine rings is 1. The lowest BCUT2D eigenvalue weighted by Crippen LogP contribution is -2.38. The summed E-state index contributed by atoms with van der Waals surface area (Å²) >= 11 is 0. The lowest BCUT2D eigenvalue weighted by Gasteiger charge is -2.34. The molecule has 1 saturated heterocycles. The van der Waals surface area contributed by atoms with E-state index in [2.05, 4.69) is 9.88 Å². The zero-order valence-electron chi connectivity index (χ0n) is 12.0. The van der Waals surface area contributed by atoms with Crippen LogP contribution in [0.1, 0.15) is 23.2 Å². The summed E-state index contributed by atoms with van der Waals surface area (Å²) in [6.45, 7) is 2.46. The fraction of sp³-hybridized carbons (Fsp3) is 0.571. The third kappa shape index (κ3) is 3.01. The van der Waals surface area contributed by atoms with Gasteiger partial charge in [0.2, 0.25) is 0 Å². The molecule has 6 heteroatoms. The summed E-state index contributed by atoms with van der Waals surface area (Å²) in [6, 6.07) is 1.58. The molecule has 1 aliphatic heterocycles. The molecule has 6 nitrogen and oxygen atoms in total. The second-order valence-corrected chi connectivity index (χ2v) is 5.00. The maximum Gasteiger partial charge on any atom is 0.340 e. The van der Waals surface area contributed by atoms with Gasteiger partial charge in [-0.3, -0.25) is 0 Å². The molecule has 110 valence electrons. The molecule has 20 heavy (non-hydrogen) atoms. The summed E-state index contributed by atoms with van der Waals surface area (Å²) in [4.78, 5) is 18.1. The molecule has 0 amide bonds. The quantitative estimate of drug-likeness (QED) is 0.837. The van der Waals surface area contributed by atoms with Crippen LogP contribution < -0.4 is 10.6 Å². The highest BCUT2D eigenvalue weighted by Crippen LogP contribution is 2.28. The van der Waals surface area contributed by atoms with E-state index >= 15 is 0 Å². The van der Waals surface area contributed by atoms with Crippen molar-refractivity contribution in [1.29, 1.82) is 0 Å². The minimum Gasteiger partial charge on any atom is -0.465 e. The Bertz CT molecular complexity index is 477. The first-order valence-electron chi connectivity index (χ1n) is 6.74. The zero-order valence-corrected chi connectivity index (χ0v) is 12.0. The van der Waals surface area contributed by atoms with Gasteiger partial charge in [-0.2, -0.15) is 0 Å². The number of methoxy groups -OCH3 is 2. The largest absolute Gasteiger partial charge is 0.465 e. The van der Waals surface area contributed by atoms with Gasteiger partial charge >= 0.3 is 5.97 Å². The Kier molecular flexibility index (Phi) is 4.79. The number of aromatic nitrogens is 1. The third-order valence-electron chi connectivity index (χ3n) is 3.60. The summed E-state index contributed by atoms with van der Waals surface area (Å²) in [5.41, 5.74) is 6.83. The molecular weight excluding hydrogens is 258 g/mol. The van der Waals surface area contributed by atoms with Crippen LogP contribution in [0.5, 0.6) is 0 Å². The molecule has 1 aromatic heterocycles. The summed E-state index contributed by atoms with van der Waals surface area (Å²) in [5.74, 6) is 0.696. The van der Waals surface area contributed by atoms with Gasteiger partial charge in [0, 0.05) is 26.4 Å². The van der Waals surface area contributed by atoms with E-state index in [1.807, 2.05) is 0 Å². The number of esters is 1. The molecule has 0 aromatic carbocycles. The van der Waals surface area contributed by atoms with Crippen LogP contribution in [0.4, 0.5) is 11.5 Å². The van der Waals surface area contributed by atoms with Crippen molar-refractivity contribution in [3.63, 3.8) is 0 Å². The van der Waals surface area contributed by atoms with E-state index in [0.717, 1.165) is 32.5 Å². The number of hydrogen-bond donors (Lipinski definition) is 1. The van der Waals surface area contributed by atoms with Gasteiger partial charge in [0.25, 0.3) is 0 Å². The third-order valence-corrected chi connectivity index (χ3v) is 3.60. The Balaban J connectivity index is 2.22. The number of hydrogen-bond acceptors (Lipinski definition) is 6. The maximum atomic E-state index is 11.7. The van der Waals surface area contributed by atoms with Crippen molar-refractivity contribution in [2.75, 3.05) is 44.5 Å². The Hall–Kier alpha value is -1.82. The predicted molar refractivity (Wildman–Crippen MR) is 76.8 cm³/mol. The van der Waals surface area contributed by atoms with E-state index in [9.17, 15) is 4.79 Å². The van der Waals surface area contributed by atoms with Crippen LogP contribution in [0.3, 0.4) is 0 Å². The van der Waals surface area contributed by atoms with Crippen LogP contribution in [0, 0.1) is 5.92 Å². The van der Waals surface area contributed by atoms with Gasteiger partial charge < -0.3 is 20.1 Å². The van der Waals surface area contributed by atoms with Crippen LogP contribution in [-0.4, -0.2) is 44.9 Å². The average Bonchev–Trinajstić information content (AvgIpc) is 2.47. The van der Waals surface area contributed by atoms with Crippen LogP contribution in [0.2, 0.25) is 0 Å². The molecule has 0 aliphatic carbocycles. The minimum absolute atomic E-state index is 0.367. The first kappa shape index (κ1) is 14.6. The average molecular weight is 279 g/mol. The molecule has 0 saturated carbocycles. The summed E-state index contributed by atoms with van der Waals surface area (Å²) in [5, 5.41) is 0. The number of nitrogens with zero attached hydrogens (tertiary/aromatic N) is 2. The molecule has 1 unspecified atom stereocenters. The van der Waals surface area contributed by atoms with Crippen molar-refractivity contribution in [3.8, 4) is 0 Å². The number of nitrogen functional groups attached to an aromatic ring is 1. The smallest absolute Gasteiger partial charge is 0.340 e. The fourth-order valence-corrected chi connectivity index (χ4v) is 2.63. The maximum absolute atomic E-state index is 11.7. The van der Waals surface area contributed by atoms with Crippen molar-refractivity contribution in [3.05, 3.63) is 17.8 Å².